The third-order valence-electron chi connectivity index (χ3n) is 4.50. The van der Waals surface area contributed by atoms with E-state index in [0.717, 1.165) is 27.8 Å². The van der Waals surface area contributed by atoms with E-state index in [2.05, 4.69) is 0 Å². The summed E-state index contributed by atoms with van der Waals surface area (Å²) in [6, 6.07) is 15.7. The second kappa shape index (κ2) is 8.05. The van der Waals surface area contributed by atoms with Gasteiger partial charge in [0.2, 0.25) is 0 Å². The largest absolute Gasteiger partial charge is 0.488 e. The molecule has 2 aromatic carbocycles. The van der Waals surface area contributed by atoms with E-state index >= 15 is 0 Å². The molecule has 0 unspecified atom stereocenters. The van der Waals surface area contributed by atoms with E-state index in [9.17, 15) is 13.2 Å². The zero-order valence-electron chi connectivity index (χ0n) is 15.5. The molecule has 3 aromatic rings. The molecular weight excluding hydrogens is 353 g/mol. The van der Waals surface area contributed by atoms with Gasteiger partial charge in [0.15, 0.2) is 0 Å². The fourth-order valence-electron chi connectivity index (χ4n) is 3.25. The molecule has 27 heavy (non-hydrogen) atoms. The fraction of sp³-hybridized carbons (Fsp3) is 0.333. The predicted octanol–water partition coefficient (Wildman–Crippen LogP) is 4.79. The highest BCUT2D eigenvalue weighted by Gasteiger charge is 2.29. The minimum atomic E-state index is -4.18. The number of hydrogen-bond donors (Lipinski definition) is 0. The fourth-order valence-corrected chi connectivity index (χ4v) is 3.25. The van der Waals surface area contributed by atoms with Crippen LogP contribution in [0.5, 0.6) is 5.75 Å². The topological polar surface area (TPSA) is 17.4 Å². The molecule has 0 aliphatic carbocycles. The number of aryl methyl sites for hydroxylation is 1. The Kier molecular flexibility index (Phi) is 5.75. The molecular formula is C21H23F3N2O. The van der Waals surface area contributed by atoms with Crippen LogP contribution in [0.1, 0.15) is 11.1 Å². The van der Waals surface area contributed by atoms with Crippen LogP contribution in [0.25, 0.3) is 10.9 Å². The zero-order valence-corrected chi connectivity index (χ0v) is 15.5. The van der Waals surface area contributed by atoms with Crippen LogP contribution in [-0.2, 0) is 20.1 Å². The third kappa shape index (κ3) is 5.04. The molecule has 6 heteroatoms. The van der Waals surface area contributed by atoms with Gasteiger partial charge in [-0.05, 0) is 36.7 Å². The highest BCUT2D eigenvalue weighted by atomic mass is 19.4. The van der Waals surface area contributed by atoms with E-state index < -0.39 is 12.7 Å². The van der Waals surface area contributed by atoms with Gasteiger partial charge in [-0.25, -0.2) is 0 Å². The minimum absolute atomic E-state index is 0.325. The number of likely N-dealkylation sites (N-methyl/N-ethyl adjacent to an activating group) is 1. The standard InChI is InChI=1S/C21H23F3N2O/c1-25(15-21(22,23)24)12-11-17-13-26(2)18-9-6-10-19(20(17)18)27-14-16-7-4-3-5-8-16/h3-10,13H,11-12,14-15H2,1-2H3. The van der Waals surface area contributed by atoms with Crippen LogP contribution < -0.4 is 4.74 Å². The Morgan fingerprint density at radius 2 is 1.78 bits per heavy atom. The summed E-state index contributed by atoms with van der Waals surface area (Å²) in [7, 11) is 3.43. The molecule has 0 aliphatic rings. The van der Waals surface area contributed by atoms with Crippen LogP contribution in [0.15, 0.2) is 54.7 Å². The average molecular weight is 376 g/mol. The van der Waals surface area contributed by atoms with Gasteiger partial charge in [-0.3, -0.25) is 4.90 Å². The molecule has 0 atom stereocenters. The molecule has 0 radical (unpaired) electrons. The molecule has 3 nitrogen and oxygen atoms in total. The van der Waals surface area contributed by atoms with Gasteiger partial charge in [-0.15, -0.1) is 0 Å². The summed E-state index contributed by atoms with van der Waals surface area (Å²) in [6.07, 6.45) is -1.69. The molecule has 0 amide bonds. The van der Waals surface area contributed by atoms with Crippen molar-refractivity contribution in [1.82, 2.24) is 9.47 Å². The summed E-state index contributed by atoms with van der Waals surface area (Å²) in [5, 5.41) is 0.969. The predicted molar refractivity (Wildman–Crippen MR) is 101 cm³/mol. The highest BCUT2D eigenvalue weighted by Crippen LogP contribution is 2.31. The maximum absolute atomic E-state index is 12.5. The Labute approximate surface area is 157 Å². The van der Waals surface area contributed by atoms with E-state index in [0.29, 0.717) is 19.6 Å². The first kappa shape index (κ1) is 19.3. The third-order valence-corrected chi connectivity index (χ3v) is 4.50. The number of hydrogen-bond acceptors (Lipinski definition) is 2. The quantitative estimate of drug-likeness (QED) is 0.590. The maximum atomic E-state index is 12.5. The van der Waals surface area contributed by atoms with Crippen LogP contribution in [0, 0.1) is 0 Å². The number of aromatic nitrogens is 1. The Hall–Kier alpha value is -2.47. The summed E-state index contributed by atoms with van der Waals surface area (Å²) in [4.78, 5) is 1.30. The van der Waals surface area contributed by atoms with Crippen molar-refractivity contribution in [3.05, 3.63) is 65.9 Å². The summed E-state index contributed by atoms with van der Waals surface area (Å²) in [6.45, 7) is -0.136. The zero-order chi connectivity index (χ0) is 19.4. The first-order chi connectivity index (χ1) is 12.8. The highest BCUT2D eigenvalue weighted by molar-refractivity contribution is 5.90. The van der Waals surface area contributed by atoms with Crippen LogP contribution >= 0.6 is 0 Å². The molecule has 0 N–H and O–H groups in total. The van der Waals surface area contributed by atoms with Gasteiger partial charge >= 0.3 is 6.18 Å². The van der Waals surface area contributed by atoms with Crippen molar-refractivity contribution in [3.63, 3.8) is 0 Å². The summed E-state index contributed by atoms with van der Waals surface area (Å²) in [5.74, 6) is 0.755. The van der Waals surface area contributed by atoms with Crippen molar-refractivity contribution in [2.75, 3.05) is 20.1 Å². The van der Waals surface area contributed by atoms with Crippen molar-refractivity contribution >= 4 is 10.9 Å². The Morgan fingerprint density at radius 1 is 1.04 bits per heavy atom. The van der Waals surface area contributed by atoms with Gasteiger partial charge in [0.1, 0.15) is 12.4 Å². The van der Waals surface area contributed by atoms with Gasteiger partial charge in [0.25, 0.3) is 0 Å². The number of benzene rings is 2. The van der Waals surface area contributed by atoms with E-state index in [1.165, 1.54) is 11.9 Å². The number of alkyl halides is 3. The SMILES string of the molecule is CN(CCc1cn(C)c2cccc(OCc3ccccc3)c12)CC(F)(F)F. The Morgan fingerprint density at radius 3 is 2.48 bits per heavy atom. The van der Waals surface area contributed by atoms with Crippen molar-refractivity contribution in [1.29, 1.82) is 0 Å². The molecule has 1 heterocycles. The molecule has 0 bridgehead atoms. The van der Waals surface area contributed by atoms with Gasteiger partial charge in [-0.2, -0.15) is 13.2 Å². The first-order valence-electron chi connectivity index (χ1n) is 8.82. The normalized spacial score (nSPS) is 12.1. The number of nitrogens with zero attached hydrogens (tertiary/aromatic N) is 2. The molecule has 3 rings (SSSR count). The summed E-state index contributed by atoms with van der Waals surface area (Å²) < 4.78 is 45.7. The lowest BCUT2D eigenvalue weighted by Gasteiger charge is -2.18. The summed E-state index contributed by atoms with van der Waals surface area (Å²) >= 11 is 0. The van der Waals surface area contributed by atoms with Crippen molar-refractivity contribution in [2.45, 2.75) is 19.2 Å². The van der Waals surface area contributed by atoms with Crippen molar-refractivity contribution < 1.29 is 17.9 Å². The van der Waals surface area contributed by atoms with Gasteiger partial charge in [0.05, 0.1) is 12.1 Å². The Bertz CT molecular complexity index is 888. The van der Waals surface area contributed by atoms with E-state index in [1.54, 1.807) is 0 Å². The van der Waals surface area contributed by atoms with Gasteiger partial charge in [0, 0.05) is 25.2 Å². The molecule has 0 saturated heterocycles. The van der Waals surface area contributed by atoms with Gasteiger partial charge < -0.3 is 9.30 Å². The smallest absolute Gasteiger partial charge is 0.401 e. The number of halogens is 3. The first-order valence-corrected chi connectivity index (χ1v) is 8.82. The minimum Gasteiger partial charge on any atom is -0.488 e. The number of fused-ring (bicyclic) bond motifs is 1. The molecule has 0 saturated carbocycles. The molecule has 144 valence electrons. The lowest BCUT2D eigenvalue weighted by Crippen LogP contribution is -2.32. The van der Waals surface area contributed by atoms with Crippen LogP contribution in [0.2, 0.25) is 0 Å². The second-order valence-electron chi connectivity index (χ2n) is 6.79. The van der Waals surface area contributed by atoms with E-state index in [-0.39, 0.29) is 0 Å². The number of ether oxygens (including phenoxy) is 1. The second-order valence-corrected chi connectivity index (χ2v) is 6.79. The summed E-state index contributed by atoms with van der Waals surface area (Å²) in [5.41, 5.74) is 3.07. The lowest BCUT2D eigenvalue weighted by molar-refractivity contribution is -0.142. The van der Waals surface area contributed by atoms with E-state index in [4.69, 9.17) is 4.74 Å². The molecule has 0 aliphatic heterocycles. The Balaban J connectivity index is 1.79. The van der Waals surface area contributed by atoms with Crippen LogP contribution in [0.3, 0.4) is 0 Å². The van der Waals surface area contributed by atoms with Crippen molar-refractivity contribution in [3.8, 4) is 5.75 Å². The van der Waals surface area contributed by atoms with Crippen LogP contribution in [0.4, 0.5) is 13.2 Å². The molecule has 0 spiro atoms. The van der Waals surface area contributed by atoms with Crippen molar-refractivity contribution in [2.24, 2.45) is 7.05 Å². The lowest BCUT2D eigenvalue weighted by atomic mass is 10.1. The number of rotatable bonds is 7. The molecule has 0 fully saturated rings. The van der Waals surface area contributed by atoms with E-state index in [1.807, 2.05) is 66.3 Å². The molecule has 1 aromatic heterocycles. The monoisotopic (exact) mass is 376 g/mol. The maximum Gasteiger partial charge on any atom is 0.401 e. The van der Waals surface area contributed by atoms with Gasteiger partial charge in [-0.1, -0.05) is 36.4 Å². The van der Waals surface area contributed by atoms with Crippen LogP contribution in [-0.4, -0.2) is 35.8 Å². The average Bonchev–Trinajstić information content (AvgIpc) is 2.94.